The molecule has 0 unspecified atom stereocenters. The molecule has 0 atom stereocenters. The van der Waals surface area contributed by atoms with Crippen molar-refractivity contribution in [3.8, 4) is 6.07 Å². The molecule has 0 radical (unpaired) electrons. The molecule has 2 aromatic rings. The van der Waals surface area contributed by atoms with Gasteiger partial charge in [0.25, 0.3) is 0 Å². The Morgan fingerprint density at radius 3 is 2.52 bits per heavy atom. The molecular formula is C15H13ClN2O2S. The predicted octanol–water partition coefficient (Wildman–Crippen LogP) is 3.08. The van der Waals surface area contributed by atoms with E-state index in [1.165, 1.54) is 12.1 Å². The summed E-state index contributed by atoms with van der Waals surface area (Å²) in [4.78, 5) is 0.203. The van der Waals surface area contributed by atoms with Gasteiger partial charge in [-0.15, -0.1) is 0 Å². The standard InChI is InChI=1S/C15H13ClN2O2S/c1-10-6-13(4-5-15(10)18)21(19,20)9-12-3-2-11(8-17)7-14(12)16/h2-7H,9,18H2,1H3. The normalized spacial score (nSPS) is 11.1. The Morgan fingerprint density at radius 1 is 1.24 bits per heavy atom. The number of aryl methyl sites for hydroxylation is 1. The van der Waals surface area contributed by atoms with E-state index in [0.29, 0.717) is 22.4 Å². The monoisotopic (exact) mass is 320 g/mol. The molecule has 0 saturated heterocycles. The van der Waals surface area contributed by atoms with E-state index in [0.717, 1.165) is 0 Å². The van der Waals surface area contributed by atoms with E-state index >= 15 is 0 Å². The van der Waals surface area contributed by atoms with Crippen LogP contribution in [0.5, 0.6) is 0 Å². The maximum absolute atomic E-state index is 12.4. The van der Waals surface area contributed by atoms with Gasteiger partial charge in [-0.3, -0.25) is 0 Å². The number of nitrogens with two attached hydrogens (primary N) is 1. The summed E-state index contributed by atoms with van der Waals surface area (Å²) in [6.45, 7) is 1.75. The van der Waals surface area contributed by atoms with Crippen LogP contribution in [0, 0.1) is 18.3 Å². The molecule has 0 amide bonds. The Morgan fingerprint density at radius 2 is 1.95 bits per heavy atom. The fourth-order valence-corrected chi connectivity index (χ4v) is 3.65. The van der Waals surface area contributed by atoms with E-state index in [2.05, 4.69) is 0 Å². The summed E-state index contributed by atoms with van der Waals surface area (Å²) in [7, 11) is -3.52. The summed E-state index contributed by atoms with van der Waals surface area (Å²) in [5.74, 6) is -0.221. The summed E-state index contributed by atoms with van der Waals surface area (Å²) < 4.78 is 24.8. The first-order valence-corrected chi connectivity index (χ1v) is 8.14. The molecule has 21 heavy (non-hydrogen) atoms. The fourth-order valence-electron chi connectivity index (χ4n) is 1.86. The summed E-state index contributed by atoms with van der Waals surface area (Å²) in [6, 6.07) is 11.1. The summed E-state index contributed by atoms with van der Waals surface area (Å²) in [6.07, 6.45) is 0. The van der Waals surface area contributed by atoms with Gasteiger partial charge in [0.1, 0.15) is 0 Å². The minimum atomic E-state index is -3.52. The van der Waals surface area contributed by atoms with Gasteiger partial charge in [-0.2, -0.15) is 5.26 Å². The number of sulfone groups is 1. The average molecular weight is 321 g/mol. The zero-order chi connectivity index (χ0) is 15.6. The van der Waals surface area contributed by atoms with Gasteiger partial charge in [0, 0.05) is 10.7 Å². The lowest BCUT2D eigenvalue weighted by molar-refractivity contribution is 0.595. The van der Waals surface area contributed by atoms with Crippen LogP contribution in [0.15, 0.2) is 41.3 Å². The molecular weight excluding hydrogens is 308 g/mol. The highest BCUT2D eigenvalue weighted by Gasteiger charge is 2.18. The number of nitrogen functional groups attached to an aromatic ring is 1. The Bertz CT molecular complexity index is 839. The van der Waals surface area contributed by atoms with Gasteiger partial charge in [-0.25, -0.2) is 8.42 Å². The molecule has 0 fully saturated rings. The van der Waals surface area contributed by atoms with Gasteiger partial charge in [0.15, 0.2) is 9.84 Å². The van der Waals surface area contributed by atoms with Crippen LogP contribution in [-0.2, 0) is 15.6 Å². The van der Waals surface area contributed by atoms with Crippen LogP contribution < -0.4 is 5.73 Å². The highest BCUT2D eigenvalue weighted by molar-refractivity contribution is 7.90. The molecule has 2 rings (SSSR count). The lowest BCUT2D eigenvalue weighted by Gasteiger charge is -2.08. The van der Waals surface area contributed by atoms with Gasteiger partial charge in [-0.05, 0) is 48.4 Å². The molecule has 0 spiro atoms. The van der Waals surface area contributed by atoms with Crippen molar-refractivity contribution in [1.29, 1.82) is 5.26 Å². The zero-order valence-corrected chi connectivity index (χ0v) is 12.9. The molecule has 0 heterocycles. The zero-order valence-electron chi connectivity index (χ0n) is 11.3. The summed E-state index contributed by atoms with van der Waals surface area (Å²) in [5, 5.41) is 9.05. The Hall–Kier alpha value is -2.03. The van der Waals surface area contributed by atoms with Crippen LogP contribution in [0.4, 0.5) is 5.69 Å². The largest absolute Gasteiger partial charge is 0.399 e. The Labute approximate surface area is 128 Å². The smallest absolute Gasteiger partial charge is 0.182 e. The second-order valence-electron chi connectivity index (χ2n) is 4.70. The van der Waals surface area contributed by atoms with Gasteiger partial charge < -0.3 is 5.73 Å². The second-order valence-corrected chi connectivity index (χ2v) is 7.09. The van der Waals surface area contributed by atoms with Crippen molar-refractivity contribution in [3.63, 3.8) is 0 Å². The molecule has 108 valence electrons. The third-order valence-corrected chi connectivity index (χ3v) is 5.14. The van der Waals surface area contributed by atoms with Crippen molar-refractivity contribution >= 4 is 27.1 Å². The highest BCUT2D eigenvalue weighted by Crippen LogP contribution is 2.25. The number of hydrogen-bond donors (Lipinski definition) is 1. The van der Waals surface area contributed by atoms with E-state index in [-0.39, 0.29) is 15.7 Å². The van der Waals surface area contributed by atoms with Crippen LogP contribution in [0.3, 0.4) is 0 Å². The number of halogens is 1. The molecule has 4 nitrogen and oxygen atoms in total. The third kappa shape index (κ3) is 3.35. The molecule has 0 aliphatic heterocycles. The molecule has 2 N–H and O–H groups in total. The third-order valence-electron chi connectivity index (χ3n) is 3.13. The number of nitriles is 1. The fraction of sp³-hybridized carbons (Fsp3) is 0.133. The van der Waals surface area contributed by atoms with Crippen molar-refractivity contribution in [3.05, 3.63) is 58.1 Å². The lowest BCUT2D eigenvalue weighted by atomic mass is 10.2. The minimum absolute atomic E-state index is 0.203. The predicted molar refractivity (Wildman–Crippen MR) is 82.6 cm³/mol. The van der Waals surface area contributed by atoms with E-state index < -0.39 is 9.84 Å². The first-order chi connectivity index (χ1) is 9.83. The van der Waals surface area contributed by atoms with Crippen LogP contribution >= 0.6 is 11.6 Å². The molecule has 0 aromatic heterocycles. The molecule has 0 saturated carbocycles. The Balaban J connectivity index is 2.37. The topological polar surface area (TPSA) is 84.0 Å². The minimum Gasteiger partial charge on any atom is -0.399 e. The Kier molecular flexibility index (Phi) is 4.21. The van der Waals surface area contributed by atoms with Gasteiger partial charge >= 0.3 is 0 Å². The molecule has 6 heteroatoms. The van der Waals surface area contributed by atoms with Gasteiger partial charge in [0.05, 0.1) is 22.3 Å². The number of benzene rings is 2. The van der Waals surface area contributed by atoms with E-state index in [9.17, 15) is 8.42 Å². The van der Waals surface area contributed by atoms with Crippen molar-refractivity contribution in [1.82, 2.24) is 0 Å². The van der Waals surface area contributed by atoms with Crippen LogP contribution in [0.1, 0.15) is 16.7 Å². The quantitative estimate of drug-likeness (QED) is 0.881. The van der Waals surface area contributed by atoms with Crippen molar-refractivity contribution in [2.75, 3.05) is 5.73 Å². The number of anilines is 1. The summed E-state index contributed by atoms with van der Waals surface area (Å²) >= 11 is 6.02. The van der Waals surface area contributed by atoms with E-state index in [1.54, 1.807) is 31.2 Å². The number of nitrogens with zero attached hydrogens (tertiary/aromatic N) is 1. The van der Waals surface area contributed by atoms with Crippen molar-refractivity contribution in [2.24, 2.45) is 0 Å². The lowest BCUT2D eigenvalue weighted by Crippen LogP contribution is -2.06. The number of hydrogen-bond acceptors (Lipinski definition) is 4. The molecule has 0 aliphatic rings. The van der Waals surface area contributed by atoms with Crippen LogP contribution in [0.2, 0.25) is 5.02 Å². The molecule has 0 aliphatic carbocycles. The van der Waals surface area contributed by atoms with E-state index in [4.69, 9.17) is 22.6 Å². The molecule has 2 aromatic carbocycles. The van der Waals surface area contributed by atoms with Gasteiger partial charge in [-0.1, -0.05) is 17.7 Å². The first kappa shape index (κ1) is 15.4. The SMILES string of the molecule is Cc1cc(S(=O)(=O)Cc2ccc(C#N)cc2Cl)ccc1N. The van der Waals surface area contributed by atoms with Crippen molar-refractivity contribution in [2.45, 2.75) is 17.6 Å². The van der Waals surface area contributed by atoms with Gasteiger partial charge in [0.2, 0.25) is 0 Å². The average Bonchev–Trinajstić information content (AvgIpc) is 2.43. The van der Waals surface area contributed by atoms with Crippen LogP contribution in [0.25, 0.3) is 0 Å². The van der Waals surface area contributed by atoms with Crippen molar-refractivity contribution < 1.29 is 8.42 Å². The second kappa shape index (κ2) is 5.76. The summed E-state index contributed by atoms with van der Waals surface area (Å²) in [5.41, 5.74) is 7.81. The molecule has 0 bridgehead atoms. The van der Waals surface area contributed by atoms with E-state index in [1.807, 2.05) is 6.07 Å². The van der Waals surface area contributed by atoms with Crippen LogP contribution in [-0.4, -0.2) is 8.42 Å². The number of rotatable bonds is 3. The highest BCUT2D eigenvalue weighted by atomic mass is 35.5. The maximum Gasteiger partial charge on any atom is 0.182 e. The first-order valence-electron chi connectivity index (χ1n) is 6.11. The maximum atomic E-state index is 12.4.